The van der Waals surface area contributed by atoms with Gasteiger partial charge in [-0.25, -0.2) is 23.1 Å². The fraction of sp³-hybridized carbons (Fsp3) is 0.360. The Bertz CT molecular complexity index is 1400. The molecule has 0 aliphatic carbocycles. The molecule has 7 nitrogen and oxygen atoms in total. The summed E-state index contributed by atoms with van der Waals surface area (Å²) in [5.74, 6) is -2.04. The number of alkyl halides is 2. The summed E-state index contributed by atoms with van der Waals surface area (Å²) < 4.78 is 83.5. The first-order valence-corrected chi connectivity index (χ1v) is 10.9. The van der Waals surface area contributed by atoms with Crippen LogP contribution in [0.1, 0.15) is 16.1 Å². The van der Waals surface area contributed by atoms with Gasteiger partial charge in [0.1, 0.15) is 12.1 Å². The number of likely N-dealkylation sites (tertiary alicyclic amines) is 1. The molecule has 10 heteroatoms. The van der Waals surface area contributed by atoms with Crippen LogP contribution in [0.4, 0.5) is 24.7 Å². The standard InChI is InChI=1S/C25H23F3N4O3/c1-3-15-5-4-6-18(23(15)26)31-24-17-9-21(20(33-2)10-19(17)29-14-30-24)35-22-7-8-32(13-25(22,27)28)16-11-34-12-16/h1,4-6,9-10,14,16,22H,7-8,11-13H2,2H3,(H,29,30,31)/i2D3. The third kappa shape index (κ3) is 4.45. The van der Waals surface area contributed by atoms with Crippen LogP contribution >= 0.6 is 0 Å². The maximum atomic E-state index is 15.1. The van der Waals surface area contributed by atoms with Gasteiger partial charge in [0.2, 0.25) is 0 Å². The predicted octanol–water partition coefficient (Wildman–Crippen LogP) is 3.99. The first kappa shape index (κ1) is 19.7. The van der Waals surface area contributed by atoms with Crippen LogP contribution in [0.25, 0.3) is 10.9 Å². The number of hydrogen-bond donors (Lipinski definition) is 1. The fourth-order valence-corrected chi connectivity index (χ4v) is 4.19. The first-order chi connectivity index (χ1) is 18.0. The summed E-state index contributed by atoms with van der Waals surface area (Å²) in [5, 5.41) is 3.10. The molecule has 2 saturated heterocycles. The van der Waals surface area contributed by atoms with Crippen LogP contribution in [-0.2, 0) is 4.74 Å². The zero-order chi connectivity index (χ0) is 27.1. The lowest BCUT2D eigenvalue weighted by Gasteiger charge is -2.44. The molecule has 0 spiro atoms. The quantitative estimate of drug-likeness (QED) is 0.528. The number of piperidine rings is 1. The fourth-order valence-electron chi connectivity index (χ4n) is 4.19. The smallest absolute Gasteiger partial charge is 0.296 e. The molecule has 2 aliphatic rings. The highest BCUT2D eigenvalue weighted by atomic mass is 19.3. The molecule has 3 heterocycles. The second-order valence-corrected chi connectivity index (χ2v) is 8.39. The van der Waals surface area contributed by atoms with Gasteiger partial charge in [-0.05, 0) is 18.2 Å². The van der Waals surface area contributed by atoms with Crippen LogP contribution < -0.4 is 14.8 Å². The Morgan fingerprint density at radius 1 is 1.29 bits per heavy atom. The highest BCUT2D eigenvalue weighted by molar-refractivity contribution is 5.93. The van der Waals surface area contributed by atoms with Crippen LogP contribution in [0, 0.1) is 18.2 Å². The Labute approximate surface area is 204 Å². The highest BCUT2D eigenvalue weighted by Gasteiger charge is 2.48. The average molecular weight is 487 g/mol. The van der Waals surface area contributed by atoms with Gasteiger partial charge < -0.3 is 19.5 Å². The van der Waals surface area contributed by atoms with E-state index in [9.17, 15) is 4.39 Å². The monoisotopic (exact) mass is 487 g/mol. The van der Waals surface area contributed by atoms with Crippen LogP contribution in [0.5, 0.6) is 11.5 Å². The van der Waals surface area contributed by atoms with Crippen molar-refractivity contribution in [2.45, 2.75) is 24.5 Å². The van der Waals surface area contributed by atoms with Crippen LogP contribution in [0.3, 0.4) is 0 Å². The lowest BCUT2D eigenvalue weighted by Crippen LogP contribution is -2.60. The van der Waals surface area contributed by atoms with Crippen molar-refractivity contribution in [2.75, 3.05) is 38.7 Å². The van der Waals surface area contributed by atoms with Crippen molar-refractivity contribution in [2.24, 2.45) is 0 Å². The molecule has 1 unspecified atom stereocenters. The Morgan fingerprint density at radius 2 is 2.14 bits per heavy atom. The third-order valence-corrected chi connectivity index (χ3v) is 6.19. The number of aromatic nitrogens is 2. The van der Waals surface area contributed by atoms with E-state index in [1.807, 2.05) is 0 Å². The largest absolute Gasteiger partial charge is 0.493 e. The minimum absolute atomic E-state index is 0.00473. The number of ether oxygens (including phenoxy) is 3. The zero-order valence-corrected chi connectivity index (χ0v) is 18.4. The van der Waals surface area contributed by atoms with Crippen molar-refractivity contribution in [1.82, 2.24) is 14.9 Å². The number of methoxy groups -OCH3 is 1. The lowest BCUT2D eigenvalue weighted by molar-refractivity contribution is -0.170. The molecule has 5 rings (SSSR count). The Kier molecular flexibility index (Phi) is 5.21. The number of benzene rings is 2. The molecule has 3 aromatic rings. The second kappa shape index (κ2) is 9.24. The van der Waals surface area contributed by atoms with E-state index in [-0.39, 0.29) is 51.9 Å². The number of nitrogens with zero attached hydrogens (tertiary/aromatic N) is 3. The molecule has 0 radical (unpaired) electrons. The van der Waals surface area contributed by atoms with Crippen molar-refractivity contribution in [1.29, 1.82) is 0 Å². The first-order valence-electron chi connectivity index (χ1n) is 12.4. The number of anilines is 2. The second-order valence-electron chi connectivity index (χ2n) is 8.39. The van der Waals surface area contributed by atoms with Crippen LogP contribution in [0.15, 0.2) is 36.7 Å². The summed E-state index contributed by atoms with van der Waals surface area (Å²) in [7, 11) is -2.88. The van der Waals surface area contributed by atoms with Crippen molar-refractivity contribution >= 4 is 22.4 Å². The maximum Gasteiger partial charge on any atom is 0.296 e. The van der Waals surface area contributed by atoms with Crippen molar-refractivity contribution in [3.8, 4) is 23.8 Å². The van der Waals surface area contributed by atoms with E-state index in [0.717, 1.165) is 0 Å². The predicted molar refractivity (Wildman–Crippen MR) is 124 cm³/mol. The summed E-state index contributed by atoms with van der Waals surface area (Å²) in [5.41, 5.74) is 0.284. The lowest BCUT2D eigenvalue weighted by atomic mass is 10.0. The maximum absolute atomic E-state index is 15.1. The molecule has 2 aromatic carbocycles. The molecule has 182 valence electrons. The van der Waals surface area contributed by atoms with Gasteiger partial charge in [0.05, 0.1) is 53.7 Å². The van der Waals surface area contributed by atoms with Gasteiger partial charge in [-0.3, -0.25) is 4.90 Å². The van der Waals surface area contributed by atoms with E-state index < -0.39 is 31.4 Å². The summed E-state index contributed by atoms with van der Waals surface area (Å²) >= 11 is 0. The van der Waals surface area contributed by atoms with Crippen molar-refractivity contribution < 1.29 is 31.5 Å². The Balaban J connectivity index is 1.50. The average Bonchev–Trinajstić information content (AvgIpc) is 2.80. The number of halogens is 3. The van der Waals surface area contributed by atoms with Gasteiger partial charge in [-0.15, -0.1) is 6.42 Å². The molecule has 1 atom stereocenters. The third-order valence-electron chi connectivity index (χ3n) is 6.19. The summed E-state index contributed by atoms with van der Waals surface area (Å²) in [6, 6.07) is 6.96. The minimum atomic E-state index is -3.23. The molecular formula is C25H23F3N4O3. The van der Waals surface area contributed by atoms with Crippen molar-refractivity contribution in [3.05, 3.63) is 48.0 Å². The van der Waals surface area contributed by atoms with E-state index in [0.29, 0.717) is 19.8 Å². The van der Waals surface area contributed by atoms with Gasteiger partial charge >= 0.3 is 0 Å². The van der Waals surface area contributed by atoms with Crippen LogP contribution in [0.2, 0.25) is 0 Å². The van der Waals surface area contributed by atoms with E-state index >= 15 is 8.78 Å². The number of fused-ring (bicyclic) bond motifs is 1. The number of nitrogens with one attached hydrogen (secondary N) is 1. The Morgan fingerprint density at radius 3 is 2.86 bits per heavy atom. The normalized spacial score (nSPS) is 21.8. The molecule has 2 aliphatic heterocycles. The SMILES string of the molecule is [2H]C([2H])([2H])Oc1cc2ncnc(Nc3cccc(C#C)c3F)c2cc1OC1CCN(C2COC2)CC1(F)F. The molecule has 1 aromatic heterocycles. The van der Waals surface area contributed by atoms with Gasteiger partial charge in [0.25, 0.3) is 5.92 Å². The zero-order valence-electron chi connectivity index (χ0n) is 21.4. The molecule has 35 heavy (non-hydrogen) atoms. The van der Waals surface area contributed by atoms with Gasteiger partial charge in [0, 0.05) is 24.4 Å². The minimum Gasteiger partial charge on any atom is -0.493 e. The van der Waals surface area contributed by atoms with Crippen LogP contribution in [-0.4, -0.2) is 66.3 Å². The number of hydrogen-bond acceptors (Lipinski definition) is 7. The molecule has 0 saturated carbocycles. The summed E-state index contributed by atoms with van der Waals surface area (Å²) in [6.07, 6.45) is 4.98. The van der Waals surface area contributed by atoms with E-state index in [4.69, 9.17) is 24.7 Å². The van der Waals surface area contributed by atoms with Crippen molar-refractivity contribution in [3.63, 3.8) is 0 Å². The van der Waals surface area contributed by atoms with E-state index in [2.05, 4.69) is 21.2 Å². The topological polar surface area (TPSA) is 68.7 Å². The Hall–Kier alpha value is -3.55. The summed E-state index contributed by atoms with van der Waals surface area (Å²) in [4.78, 5) is 9.94. The van der Waals surface area contributed by atoms with E-state index in [1.54, 1.807) is 11.0 Å². The number of terminal acetylenes is 1. The van der Waals surface area contributed by atoms with Gasteiger partial charge in [-0.2, -0.15) is 0 Å². The van der Waals surface area contributed by atoms with Gasteiger partial charge in [-0.1, -0.05) is 12.0 Å². The molecule has 2 fully saturated rings. The summed E-state index contributed by atoms with van der Waals surface area (Å²) in [6.45, 7) is 0.653. The van der Waals surface area contributed by atoms with Gasteiger partial charge in [0.15, 0.2) is 23.4 Å². The molecule has 0 bridgehead atoms. The molecule has 1 N–H and O–H groups in total. The number of rotatable bonds is 6. The molecular weight excluding hydrogens is 461 g/mol. The van der Waals surface area contributed by atoms with E-state index in [1.165, 1.54) is 30.6 Å². The highest BCUT2D eigenvalue weighted by Crippen LogP contribution is 2.39. The molecule has 0 amide bonds.